The number of aryl methyl sites for hydroxylation is 1. The molecule has 6 nitrogen and oxygen atoms in total. The largest absolute Gasteiger partial charge is 0.354 e. The Morgan fingerprint density at radius 3 is 3.13 bits per heavy atom. The summed E-state index contributed by atoms with van der Waals surface area (Å²) in [6, 6.07) is 2.15. The van der Waals surface area contributed by atoms with Crippen LogP contribution in [0.25, 0.3) is 0 Å². The minimum Gasteiger partial charge on any atom is -0.354 e. The van der Waals surface area contributed by atoms with E-state index in [0.29, 0.717) is 5.92 Å². The van der Waals surface area contributed by atoms with Gasteiger partial charge >= 0.3 is 0 Å². The van der Waals surface area contributed by atoms with Crippen molar-refractivity contribution in [2.24, 2.45) is 5.92 Å². The van der Waals surface area contributed by atoms with Crippen molar-refractivity contribution in [3.05, 3.63) is 18.0 Å². The molecular formula is C17H29N5O. The third kappa shape index (κ3) is 4.32. The highest BCUT2D eigenvalue weighted by atomic mass is 16.2. The topological polar surface area (TPSA) is 62.2 Å². The molecule has 0 spiro atoms. The van der Waals surface area contributed by atoms with Crippen molar-refractivity contribution in [3.8, 4) is 0 Å². The fraction of sp³-hybridized carbons (Fsp3) is 0.765. The summed E-state index contributed by atoms with van der Waals surface area (Å²) >= 11 is 0. The van der Waals surface area contributed by atoms with Gasteiger partial charge in [0.1, 0.15) is 0 Å². The van der Waals surface area contributed by atoms with E-state index in [1.165, 1.54) is 18.5 Å². The summed E-state index contributed by atoms with van der Waals surface area (Å²) < 4.78 is 2.07. The highest BCUT2D eigenvalue weighted by Crippen LogP contribution is 2.18. The normalized spacial score (nSPS) is 25.6. The number of carbonyl (C=O) groups excluding carboxylic acids is 1. The van der Waals surface area contributed by atoms with E-state index in [4.69, 9.17) is 0 Å². The zero-order valence-electron chi connectivity index (χ0n) is 14.1. The van der Waals surface area contributed by atoms with Crippen LogP contribution >= 0.6 is 0 Å². The number of nitrogens with one attached hydrogen (secondary N) is 2. The Hall–Kier alpha value is -1.40. The van der Waals surface area contributed by atoms with Crippen molar-refractivity contribution >= 4 is 5.91 Å². The zero-order valence-corrected chi connectivity index (χ0v) is 14.1. The molecule has 0 aliphatic carbocycles. The predicted molar refractivity (Wildman–Crippen MR) is 89.9 cm³/mol. The fourth-order valence-electron chi connectivity index (χ4n) is 3.75. The standard InChI is InChI=1S/C17H29N5O/c1-2-22-15(7-9-20-22)13-21-10-4-5-14(12-21)11-19-17(23)16-6-3-8-18-16/h7,9,14,16,18H,2-6,8,10-13H2,1H3,(H,19,23). The molecule has 1 amide bonds. The van der Waals surface area contributed by atoms with Crippen LogP contribution in [-0.4, -0.2) is 52.8 Å². The molecule has 0 saturated carbocycles. The Bertz CT molecular complexity index is 509. The second-order valence-corrected chi connectivity index (χ2v) is 6.78. The van der Waals surface area contributed by atoms with E-state index in [0.717, 1.165) is 52.1 Å². The van der Waals surface area contributed by atoms with Crippen molar-refractivity contribution in [2.45, 2.75) is 51.7 Å². The second-order valence-electron chi connectivity index (χ2n) is 6.78. The third-order valence-electron chi connectivity index (χ3n) is 5.03. The monoisotopic (exact) mass is 319 g/mol. The van der Waals surface area contributed by atoms with Gasteiger partial charge in [0, 0.05) is 32.4 Å². The van der Waals surface area contributed by atoms with E-state index in [2.05, 4.69) is 38.3 Å². The van der Waals surface area contributed by atoms with Gasteiger partial charge in [-0.2, -0.15) is 5.10 Å². The molecule has 2 unspecified atom stereocenters. The number of rotatable bonds is 6. The van der Waals surface area contributed by atoms with Crippen LogP contribution in [0.2, 0.25) is 0 Å². The van der Waals surface area contributed by atoms with Crippen molar-refractivity contribution < 1.29 is 4.79 Å². The molecular weight excluding hydrogens is 290 g/mol. The average molecular weight is 319 g/mol. The minimum absolute atomic E-state index is 0.0357. The first-order chi connectivity index (χ1) is 11.3. The molecule has 2 aliphatic rings. The molecule has 2 saturated heterocycles. The molecule has 2 N–H and O–H groups in total. The second kappa shape index (κ2) is 7.93. The molecule has 128 valence electrons. The van der Waals surface area contributed by atoms with E-state index in [9.17, 15) is 4.79 Å². The number of piperidine rings is 1. The molecule has 2 fully saturated rings. The number of hydrogen-bond acceptors (Lipinski definition) is 4. The average Bonchev–Trinajstić information content (AvgIpc) is 3.24. The molecule has 2 aliphatic heterocycles. The Morgan fingerprint density at radius 2 is 2.35 bits per heavy atom. The minimum atomic E-state index is 0.0357. The van der Waals surface area contributed by atoms with Crippen LogP contribution in [-0.2, 0) is 17.9 Å². The molecule has 1 aromatic heterocycles. The van der Waals surface area contributed by atoms with Gasteiger partial charge in [0.2, 0.25) is 5.91 Å². The molecule has 0 aromatic carbocycles. The molecule has 3 rings (SSSR count). The van der Waals surface area contributed by atoms with Crippen molar-refractivity contribution in [3.63, 3.8) is 0 Å². The van der Waals surface area contributed by atoms with Crippen molar-refractivity contribution in [1.82, 2.24) is 25.3 Å². The molecule has 3 heterocycles. The van der Waals surface area contributed by atoms with E-state index in [1.807, 2.05) is 6.20 Å². The summed E-state index contributed by atoms with van der Waals surface area (Å²) in [6.45, 7) is 7.99. The number of hydrogen-bond donors (Lipinski definition) is 2. The van der Waals surface area contributed by atoms with E-state index in [-0.39, 0.29) is 11.9 Å². The van der Waals surface area contributed by atoms with Gasteiger partial charge in [0.25, 0.3) is 0 Å². The van der Waals surface area contributed by atoms with Gasteiger partial charge in [0.05, 0.1) is 11.7 Å². The number of carbonyl (C=O) groups is 1. The molecule has 0 bridgehead atoms. The maximum Gasteiger partial charge on any atom is 0.237 e. The van der Waals surface area contributed by atoms with Crippen molar-refractivity contribution in [1.29, 1.82) is 0 Å². The van der Waals surface area contributed by atoms with Crippen LogP contribution in [0.4, 0.5) is 0 Å². The first-order valence-corrected chi connectivity index (χ1v) is 9.00. The summed E-state index contributed by atoms with van der Waals surface area (Å²) in [6.07, 6.45) is 6.39. The summed E-state index contributed by atoms with van der Waals surface area (Å²) in [7, 11) is 0. The maximum absolute atomic E-state index is 12.1. The van der Waals surface area contributed by atoms with Crippen LogP contribution in [0.5, 0.6) is 0 Å². The number of aromatic nitrogens is 2. The molecule has 2 atom stereocenters. The maximum atomic E-state index is 12.1. The van der Waals surface area contributed by atoms with Crippen LogP contribution in [0.1, 0.15) is 38.3 Å². The Morgan fingerprint density at radius 1 is 1.43 bits per heavy atom. The van der Waals surface area contributed by atoms with E-state index in [1.54, 1.807) is 0 Å². The zero-order chi connectivity index (χ0) is 16.1. The molecule has 6 heteroatoms. The van der Waals surface area contributed by atoms with Gasteiger partial charge in [-0.15, -0.1) is 0 Å². The highest BCUT2D eigenvalue weighted by molar-refractivity contribution is 5.81. The van der Waals surface area contributed by atoms with Gasteiger partial charge in [-0.25, -0.2) is 0 Å². The number of amides is 1. The van der Waals surface area contributed by atoms with Gasteiger partial charge in [0.15, 0.2) is 0 Å². The van der Waals surface area contributed by atoms with Gasteiger partial charge < -0.3 is 10.6 Å². The van der Waals surface area contributed by atoms with Crippen LogP contribution in [0, 0.1) is 5.92 Å². The van der Waals surface area contributed by atoms with Gasteiger partial charge in [-0.05, 0) is 57.7 Å². The van der Waals surface area contributed by atoms with Crippen LogP contribution < -0.4 is 10.6 Å². The Balaban J connectivity index is 1.45. The first-order valence-electron chi connectivity index (χ1n) is 9.00. The highest BCUT2D eigenvalue weighted by Gasteiger charge is 2.25. The van der Waals surface area contributed by atoms with Crippen LogP contribution in [0.15, 0.2) is 12.3 Å². The van der Waals surface area contributed by atoms with E-state index >= 15 is 0 Å². The molecule has 0 radical (unpaired) electrons. The van der Waals surface area contributed by atoms with Crippen molar-refractivity contribution in [2.75, 3.05) is 26.2 Å². The smallest absolute Gasteiger partial charge is 0.237 e. The lowest BCUT2D eigenvalue weighted by atomic mass is 9.97. The van der Waals surface area contributed by atoms with Gasteiger partial charge in [-0.1, -0.05) is 0 Å². The summed E-state index contributed by atoms with van der Waals surface area (Å²) in [5.41, 5.74) is 1.28. The third-order valence-corrected chi connectivity index (χ3v) is 5.03. The lowest BCUT2D eigenvalue weighted by Gasteiger charge is -2.33. The number of likely N-dealkylation sites (tertiary alicyclic amines) is 1. The number of nitrogens with zero attached hydrogens (tertiary/aromatic N) is 3. The van der Waals surface area contributed by atoms with Gasteiger partial charge in [-0.3, -0.25) is 14.4 Å². The Kier molecular flexibility index (Phi) is 5.67. The molecule has 23 heavy (non-hydrogen) atoms. The predicted octanol–water partition coefficient (Wildman–Crippen LogP) is 0.983. The summed E-state index contributed by atoms with van der Waals surface area (Å²) in [5, 5.41) is 10.8. The lowest BCUT2D eigenvalue weighted by Crippen LogP contribution is -2.45. The summed E-state index contributed by atoms with van der Waals surface area (Å²) in [5.74, 6) is 0.746. The molecule has 1 aromatic rings. The van der Waals surface area contributed by atoms with E-state index < -0.39 is 0 Å². The lowest BCUT2D eigenvalue weighted by molar-refractivity contribution is -0.123. The Labute approximate surface area is 138 Å². The summed E-state index contributed by atoms with van der Waals surface area (Å²) in [4.78, 5) is 14.6. The SMILES string of the molecule is CCn1nccc1CN1CCCC(CNC(=O)C2CCCN2)C1. The fourth-order valence-corrected chi connectivity index (χ4v) is 3.75. The van der Waals surface area contributed by atoms with Crippen LogP contribution in [0.3, 0.4) is 0 Å². The first kappa shape index (κ1) is 16.5. The quantitative estimate of drug-likeness (QED) is 0.821.